The number of hydrogen-bond acceptors (Lipinski definition) is 1. The summed E-state index contributed by atoms with van der Waals surface area (Å²) in [6.45, 7) is 0. The molecule has 0 radical (unpaired) electrons. The molecule has 0 bridgehead atoms. The van der Waals surface area contributed by atoms with Crippen molar-refractivity contribution in [3.8, 4) is 33.4 Å². The number of rotatable bonds is 4. The maximum atomic E-state index is 3.64. The Morgan fingerprint density at radius 2 is 0.778 bits per heavy atom. The summed E-state index contributed by atoms with van der Waals surface area (Å²) in [6, 6.07) is 62.1. The highest BCUT2D eigenvalue weighted by molar-refractivity contribution is 9.10. The molecule has 2 heteroatoms. The van der Waals surface area contributed by atoms with Crippen LogP contribution >= 0.6 is 15.9 Å². The Hall–Kier alpha value is -5.18. The molecule has 0 saturated heterocycles. The summed E-state index contributed by atoms with van der Waals surface area (Å²) >= 11 is 3.64. The van der Waals surface area contributed by atoms with Gasteiger partial charge in [0.05, 0.1) is 5.41 Å². The van der Waals surface area contributed by atoms with Gasteiger partial charge in [-0.15, -0.1) is 0 Å². The van der Waals surface area contributed by atoms with E-state index in [9.17, 15) is 0 Å². The van der Waals surface area contributed by atoms with E-state index in [1.165, 1.54) is 55.6 Å². The predicted molar refractivity (Wildman–Crippen MR) is 191 cm³/mol. The smallest absolute Gasteiger partial charge is 0.0725 e. The minimum Gasteiger partial charge on any atom is -0.310 e. The highest BCUT2D eigenvalue weighted by atomic mass is 79.9. The molecule has 0 atom stereocenters. The Morgan fingerprint density at radius 1 is 0.356 bits per heavy atom. The third kappa shape index (κ3) is 3.86. The third-order valence-electron chi connectivity index (χ3n) is 9.56. The molecule has 2 aliphatic rings. The molecule has 0 heterocycles. The highest BCUT2D eigenvalue weighted by Gasteiger charge is 2.51. The molecule has 1 spiro atoms. The molecule has 0 aliphatic heterocycles. The van der Waals surface area contributed by atoms with Crippen molar-refractivity contribution in [2.75, 3.05) is 4.90 Å². The number of hydrogen-bond donors (Lipinski definition) is 0. The second kappa shape index (κ2) is 10.2. The van der Waals surface area contributed by atoms with Crippen molar-refractivity contribution in [3.05, 3.63) is 197 Å². The molecule has 1 nitrogen and oxygen atoms in total. The van der Waals surface area contributed by atoms with Crippen LogP contribution in [-0.2, 0) is 5.41 Å². The zero-order chi connectivity index (χ0) is 30.0. The van der Waals surface area contributed by atoms with Crippen LogP contribution in [0.15, 0.2) is 174 Å². The molecule has 7 aromatic carbocycles. The third-order valence-corrected chi connectivity index (χ3v) is 10.1. The standard InChI is InChI=1S/C43H28BrN/c44-31-20-24-33(25-21-31)45(32-22-18-30(19-23-32)29-10-2-1-3-11-29)34-26-27-42-38(28-34)37-14-6-9-17-41(37)43(42)39-15-7-4-12-35(39)36-13-5-8-16-40(36)43/h1-28H. The average molecular weight is 639 g/mol. The Balaban J connectivity index is 1.26. The Kier molecular flexibility index (Phi) is 5.94. The van der Waals surface area contributed by atoms with E-state index < -0.39 is 0 Å². The predicted octanol–water partition coefficient (Wildman–Crippen LogP) is 11.9. The zero-order valence-electron chi connectivity index (χ0n) is 24.5. The van der Waals surface area contributed by atoms with Gasteiger partial charge in [0.15, 0.2) is 0 Å². The summed E-state index contributed by atoms with van der Waals surface area (Å²) in [7, 11) is 0. The molecule has 0 aromatic heterocycles. The van der Waals surface area contributed by atoms with Crippen LogP contribution in [0, 0.1) is 0 Å². The largest absolute Gasteiger partial charge is 0.310 e. The fourth-order valence-electron chi connectivity index (χ4n) is 7.70. The first-order chi connectivity index (χ1) is 22.2. The molecule has 0 unspecified atom stereocenters. The Morgan fingerprint density at radius 3 is 1.36 bits per heavy atom. The van der Waals surface area contributed by atoms with Crippen molar-refractivity contribution in [2.45, 2.75) is 5.41 Å². The summed E-state index contributed by atoms with van der Waals surface area (Å²) < 4.78 is 1.06. The lowest BCUT2D eigenvalue weighted by molar-refractivity contribution is 0.794. The van der Waals surface area contributed by atoms with Gasteiger partial charge in [-0.1, -0.05) is 137 Å². The van der Waals surface area contributed by atoms with Crippen molar-refractivity contribution < 1.29 is 0 Å². The van der Waals surface area contributed by atoms with Gasteiger partial charge >= 0.3 is 0 Å². The van der Waals surface area contributed by atoms with Crippen molar-refractivity contribution >= 4 is 33.0 Å². The second-order valence-electron chi connectivity index (χ2n) is 11.8. The minimum atomic E-state index is -0.336. The molecule has 45 heavy (non-hydrogen) atoms. The lowest BCUT2D eigenvalue weighted by Crippen LogP contribution is -2.25. The van der Waals surface area contributed by atoms with E-state index in [0.717, 1.165) is 21.5 Å². The molecule has 0 saturated carbocycles. The zero-order valence-corrected chi connectivity index (χ0v) is 26.1. The number of anilines is 3. The minimum absolute atomic E-state index is 0.336. The molecule has 0 N–H and O–H groups in total. The van der Waals surface area contributed by atoms with E-state index in [1.54, 1.807) is 0 Å². The normalized spacial score (nSPS) is 13.2. The SMILES string of the molecule is Brc1ccc(N(c2ccc(-c3ccccc3)cc2)c2ccc3c(c2)-c2ccccc2C32c3ccccc3-c3ccccc32)cc1. The lowest BCUT2D eigenvalue weighted by Gasteiger charge is -2.31. The fraction of sp³-hybridized carbons (Fsp3) is 0.0233. The van der Waals surface area contributed by atoms with E-state index in [2.05, 4.69) is 191 Å². The quantitative estimate of drug-likeness (QED) is 0.185. The van der Waals surface area contributed by atoms with E-state index >= 15 is 0 Å². The molecule has 0 fully saturated rings. The van der Waals surface area contributed by atoms with Gasteiger partial charge in [-0.3, -0.25) is 0 Å². The summed E-state index contributed by atoms with van der Waals surface area (Å²) in [5, 5.41) is 0. The molecular weight excluding hydrogens is 610 g/mol. The van der Waals surface area contributed by atoms with Gasteiger partial charge in [0.25, 0.3) is 0 Å². The summed E-state index contributed by atoms with van der Waals surface area (Å²) in [5.74, 6) is 0. The monoisotopic (exact) mass is 637 g/mol. The molecule has 9 rings (SSSR count). The van der Waals surface area contributed by atoms with E-state index in [0.29, 0.717) is 0 Å². The van der Waals surface area contributed by atoms with Gasteiger partial charge in [0.1, 0.15) is 0 Å². The first-order valence-electron chi connectivity index (χ1n) is 15.4. The van der Waals surface area contributed by atoms with Gasteiger partial charge in [-0.05, 0) is 104 Å². The van der Waals surface area contributed by atoms with Crippen LogP contribution in [0.5, 0.6) is 0 Å². The van der Waals surface area contributed by atoms with E-state index in [4.69, 9.17) is 0 Å². The number of fused-ring (bicyclic) bond motifs is 10. The Labute approximate surface area is 272 Å². The average Bonchev–Trinajstić information content (AvgIpc) is 3.57. The van der Waals surface area contributed by atoms with Gasteiger partial charge < -0.3 is 4.90 Å². The summed E-state index contributed by atoms with van der Waals surface area (Å²) in [4.78, 5) is 2.37. The molecule has 212 valence electrons. The van der Waals surface area contributed by atoms with Crippen molar-refractivity contribution in [3.63, 3.8) is 0 Å². The number of nitrogens with zero attached hydrogens (tertiary/aromatic N) is 1. The van der Waals surface area contributed by atoms with Crippen molar-refractivity contribution in [2.24, 2.45) is 0 Å². The van der Waals surface area contributed by atoms with Gasteiger partial charge in [-0.25, -0.2) is 0 Å². The van der Waals surface area contributed by atoms with Crippen molar-refractivity contribution in [1.82, 2.24) is 0 Å². The van der Waals surface area contributed by atoms with Crippen LogP contribution in [0.25, 0.3) is 33.4 Å². The van der Waals surface area contributed by atoms with E-state index in [1.807, 2.05) is 0 Å². The maximum Gasteiger partial charge on any atom is 0.0725 e. The topological polar surface area (TPSA) is 3.24 Å². The molecular formula is C43H28BrN. The van der Waals surface area contributed by atoms with Crippen LogP contribution in [0.4, 0.5) is 17.1 Å². The van der Waals surface area contributed by atoms with Gasteiger partial charge in [0, 0.05) is 21.5 Å². The van der Waals surface area contributed by atoms with Crippen LogP contribution in [0.1, 0.15) is 22.3 Å². The fourth-order valence-corrected chi connectivity index (χ4v) is 7.96. The first kappa shape index (κ1) is 26.2. The molecule has 7 aromatic rings. The van der Waals surface area contributed by atoms with Crippen LogP contribution in [-0.4, -0.2) is 0 Å². The van der Waals surface area contributed by atoms with Crippen LogP contribution < -0.4 is 4.90 Å². The van der Waals surface area contributed by atoms with Crippen molar-refractivity contribution in [1.29, 1.82) is 0 Å². The highest BCUT2D eigenvalue weighted by Crippen LogP contribution is 2.63. The second-order valence-corrected chi connectivity index (χ2v) is 12.8. The van der Waals surface area contributed by atoms with Gasteiger partial charge in [-0.2, -0.15) is 0 Å². The lowest BCUT2D eigenvalue weighted by atomic mass is 9.70. The van der Waals surface area contributed by atoms with Crippen LogP contribution in [0.2, 0.25) is 0 Å². The maximum absolute atomic E-state index is 3.64. The number of halogens is 1. The number of benzene rings is 7. The Bertz CT molecular complexity index is 2170. The summed E-state index contributed by atoms with van der Waals surface area (Å²) in [6.07, 6.45) is 0. The van der Waals surface area contributed by atoms with Gasteiger partial charge in [0.2, 0.25) is 0 Å². The van der Waals surface area contributed by atoms with Crippen LogP contribution in [0.3, 0.4) is 0 Å². The molecule has 0 amide bonds. The first-order valence-corrected chi connectivity index (χ1v) is 16.2. The molecule has 2 aliphatic carbocycles. The summed E-state index contributed by atoms with van der Waals surface area (Å²) in [5.41, 5.74) is 16.1. The van der Waals surface area contributed by atoms with E-state index in [-0.39, 0.29) is 5.41 Å².